The highest BCUT2D eigenvalue weighted by Gasteiger charge is 2.29. The molecule has 3 aromatic rings. The molecular formula is C31H37N9O2. The van der Waals surface area contributed by atoms with E-state index in [0.717, 1.165) is 59.5 Å². The summed E-state index contributed by atoms with van der Waals surface area (Å²) in [6, 6.07) is 7.63. The molecule has 1 amide bonds. The van der Waals surface area contributed by atoms with Gasteiger partial charge in [-0.25, -0.2) is 10.4 Å². The number of aromatic amines is 1. The highest BCUT2D eigenvalue weighted by Crippen LogP contribution is 2.31. The average Bonchev–Trinajstić information content (AvgIpc) is 3.64. The quantitative estimate of drug-likeness (QED) is 0.310. The van der Waals surface area contributed by atoms with E-state index in [9.17, 15) is 9.59 Å². The summed E-state index contributed by atoms with van der Waals surface area (Å²) in [5, 5.41) is 3.28. The van der Waals surface area contributed by atoms with Gasteiger partial charge in [0.25, 0.3) is 5.91 Å². The fourth-order valence-corrected chi connectivity index (χ4v) is 5.77. The Bertz CT molecular complexity index is 1590. The number of hydrogen-bond donors (Lipinski definition) is 4. The van der Waals surface area contributed by atoms with E-state index < -0.39 is 0 Å². The Balaban J connectivity index is 1.24. The summed E-state index contributed by atoms with van der Waals surface area (Å²) < 4.78 is 0. The number of carbonyl (C=O) groups excluding carboxylic acids is 2. The number of hydrazine groups is 1. The monoisotopic (exact) mass is 567 g/mol. The largest absolute Gasteiger partial charge is 0.377 e. The van der Waals surface area contributed by atoms with Gasteiger partial charge in [0.2, 0.25) is 0 Å². The summed E-state index contributed by atoms with van der Waals surface area (Å²) in [4.78, 5) is 47.3. The zero-order chi connectivity index (χ0) is 29.2. The Morgan fingerprint density at radius 1 is 1.14 bits per heavy atom. The van der Waals surface area contributed by atoms with Gasteiger partial charge in [0, 0.05) is 54.3 Å². The third kappa shape index (κ3) is 5.45. The molecule has 5 heterocycles. The minimum Gasteiger partial charge on any atom is -0.377 e. The molecule has 0 radical (unpaired) electrons. The first-order valence-electron chi connectivity index (χ1n) is 14.6. The van der Waals surface area contributed by atoms with E-state index in [4.69, 9.17) is 9.98 Å². The Labute approximate surface area is 245 Å². The molecule has 4 N–H and O–H groups in total. The number of aliphatic imine (C=N–C) groups is 1. The van der Waals surface area contributed by atoms with E-state index in [2.05, 4.69) is 44.2 Å². The van der Waals surface area contributed by atoms with Crippen LogP contribution in [0.2, 0.25) is 0 Å². The first kappa shape index (κ1) is 27.8. The standard InChI is InChI=1S/C31H37N9O2/c1-4-40(5-2)31(42)23-7-6-8-25-27(23)36-30(35-25)28-24-14-21(16-34-29(24)38-37-28)20-13-22(17-32-15-20)33-18-26(41)19-9-11-39(3)12-10-19/h6-8,13-17,19,29,33,37-38H,4-5,9-12,18H2,1-3H3,(H,35,36). The van der Waals surface area contributed by atoms with Gasteiger partial charge in [0.05, 0.1) is 29.0 Å². The van der Waals surface area contributed by atoms with E-state index in [0.29, 0.717) is 36.5 Å². The van der Waals surface area contributed by atoms with Crippen LogP contribution >= 0.6 is 0 Å². The first-order valence-corrected chi connectivity index (χ1v) is 14.6. The molecule has 3 aliphatic heterocycles. The maximum Gasteiger partial charge on any atom is 0.256 e. The Hall–Kier alpha value is -4.35. The fourth-order valence-electron chi connectivity index (χ4n) is 5.77. The van der Waals surface area contributed by atoms with Gasteiger partial charge in [-0.1, -0.05) is 6.07 Å². The van der Waals surface area contributed by atoms with Crippen LogP contribution in [0.25, 0.3) is 22.3 Å². The molecule has 11 heteroatoms. The van der Waals surface area contributed by atoms with E-state index >= 15 is 0 Å². The number of aromatic nitrogens is 3. The predicted molar refractivity (Wildman–Crippen MR) is 165 cm³/mol. The number of likely N-dealkylation sites (tertiary alicyclic amines) is 1. The molecule has 42 heavy (non-hydrogen) atoms. The SMILES string of the molecule is CCN(CC)C(=O)c1cccc2[nH]c(C3=C4C=C(c5cncc(NCC(=O)C6CCN(C)CC6)c5)C=NC4NN3)nc12. The molecule has 1 unspecified atom stereocenters. The van der Waals surface area contributed by atoms with Crippen molar-refractivity contribution in [2.75, 3.05) is 45.1 Å². The van der Waals surface area contributed by atoms with Gasteiger partial charge in [-0.15, -0.1) is 0 Å². The molecule has 0 spiro atoms. The zero-order valence-electron chi connectivity index (χ0n) is 24.3. The number of dihydropyridines is 1. The third-order valence-electron chi connectivity index (χ3n) is 8.33. The number of para-hydroxylation sites is 1. The number of rotatable bonds is 9. The summed E-state index contributed by atoms with van der Waals surface area (Å²) in [7, 11) is 2.10. The van der Waals surface area contributed by atoms with Crippen LogP contribution in [0.4, 0.5) is 5.69 Å². The van der Waals surface area contributed by atoms with Crippen molar-refractivity contribution in [3.8, 4) is 0 Å². The molecule has 2 aromatic heterocycles. The van der Waals surface area contributed by atoms with E-state index in [1.807, 2.05) is 44.3 Å². The lowest BCUT2D eigenvalue weighted by Crippen LogP contribution is -2.35. The van der Waals surface area contributed by atoms with E-state index in [-0.39, 0.29) is 23.8 Å². The van der Waals surface area contributed by atoms with Crippen molar-refractivity contribution in [1.29, 1.82) is 0 Å². The number of nitrogens with zero attached hydrogens (tertiary/aromatic N) is 5. The molecule has 1 saturated heterocycles. The van der Waals surface area contributed by atoms with Gasteiger partial charge >= 0.3 is 0 Å². The summed E-state index contributed by atoms with van der Waals surface area (Å²) >= 11 is 0. The van der Waals surface area contributed by atoms with Gasteiger partial charge in [-0.05, 0) is 71.1 Å². The smallest absolute Gasteiger partial charge is 0.256 e. The molecule has 1 atom stereocenters. The summed E-state index contributed by atoms with van der Waals surface area (Å²) in [6.07, 6.45) is 9.00. The van der Waals surface area contributed by atoms with Crippen molar-refractivity contribution in [2.24, 2.45) is 10.9 Å². The van der Waals surface area contributed by atoms with Crippen LogP contribution in [0.3, 0.4) is 0 Å². The topological polar surface area (TPSA) is 131 Å². The second-order valence-corrected chi connectivity index (χ2v) is 11.0. The number of nitrogens with one attached hydrogen (secondary N) is 4. The Kier molecular flexibility index (Phi) is 7.86. The lowest BCUT2D eigenvalue weighted by atomic mass is 9.92. The molecule has 11 nitrogen and oxygen atoms in total. The Morgan fingerprint density at radius 3 is 2.74 bits per heavy atom. The van der Waals surface area contributed by atoms with E-state index in [1.54, 1.807) is 17.3 Å². The minimum absolute atomic E-state index is 0.0322. The molecule has 218 valence electrons. The molecule has 0 saturated carbocycles. The number of carbonyl (C=O) groups is 2. The molecule has 0 aliphatic carbocycles. The number of piperidine rings is 1. The minimum atomic E-state index is -0.268. The maximum atomic E-state index is 13.2. The molecule has 3 aliphatic rings. The van der Waals surface area contributed by atoms with Crippen LogP contribution in [0.5, 0.6) is 0 Å². The van der Waals surface area contributed by atoms with Crippen molar-refractivity contribution < 1.29 is 9.59 Å². The number of benzene rings is 1. The van der Waals surface area contributed by atoms with Gasteiger partial charge in [-0.2, -0.15) is 0 Å². The lowest BCUT2D eigenvalue weighted by Gasteiger charge is -2.28. The van der Waals surface area contributed by atoms with Crippen LogP contribution < -0.4 is 16.2 Å². The second kappa shape index (κ2) is 11.9. The van der Waals surface area contributed by atoms with Crippen LogP contribution in [0.1, 0.15) is 48.4 Å². The number of imidazole rings is 1. The zero-order valence-corrected chi connectivity index (χ0v) is 24.3. The normalized spacial score (nSPS) is 19.0. The van der Waals surface area contributed by atoms with Crippen molar-refractivity contribution in [3.05, 3.63) is 65.3 Å². The summed E-state index contributed by atoms with van der Waals surface area (Å²) in [5.74, 6) is 0.964. The molecule has 1 fully saturated rings. The van der Waals surface area contributed by atoms with Gasteiger partial charge in [-0.3, -0.25) is 19.6 Å². The molecular weight excluding hydrogens is 530 g/mol. The number of Topliss-reactive ketones (excluding diaryl/α,β-unsaturated/α-hetero) is 1. The highest BCUT2D eigenvalue weighted by atomic mass is 16.2. The summed E-state index contributed by atoms with van der Waals surface area (Å²) in [6.45, 7) is 7.45. The van der Waals surface area contributed by atoms with Gasteiger partial charge in [0.1, 0.15) is 11.7 Å². The lowest BCUT2D eigenvalue weighted by molar-refractivity contribution is -0.122. The molecule has 1 aromatic carbocycles. The van der Waals surface area contributed by atoms with Crippen molar-refractivity contribution in [1.82, 2.24) is 35.6 Å². The van der Waals surface area contributed by atoms with Crippen molar-refractivity contribution in [3.63, 3.8) is 0 Å². The number of amides is 1. The van der Waals surface area contributed by atoms with Gasteiger partial charge < -0.3 is 25.5 Å². The second-order valence-electron chi connectivity index (χ2n) is 11.0. The van der Waals surface area contributed by atoms with Crippen molar-refractivity contribution >= 4 is 45.9 Å². The van der Waals surface area contributed by atoms with E-state index in [1.165, 1.54) is 0 Å². The number of anilines is 1. The maximum absolute atomic E-state index is 13.2. The van der Waals surface area contributed by atoms with Crippen LogP contribution in [0.15, 0.2) is 53.3 Å². The third-order valence-corrected chi connectivity index (χ3v) is 8.33. The summed E-state index contributed by atoms with van der Waals surface area (Å²) in [5.41, 5.74) is 12.7. The van der Waals surface area contributed by atoms with Crippen LogP contribution in [0, 0.1) is 5.92 Å². The molecule has 0 bridgehead atoms. The number of fused-ring (bicyclic) bond motifs is 2. The number of allylic oxidation sites excluding steroid dienone is 1. The van der Waals surface area contributed by atoms with Gasteiger partial charge in [0.15, 0.2) is 11.6 Å². The average molecular weight is 568 g/mol. The highest BCUT2D eigenvalue weighted by molar-refractivity contribution is 6.12. The number of ketones is 1. The first-order chi connectivity index (χ1) is 20.4. The Morgan fingerprint density at radius 2 is 1.95 bits per heavy atom. The number of H-pyrrole nitrogens is 1. The molecule has 6 rings (SSSR count). The predicted octanol–water partition coefficient (Wildman–Crippen LogP) is 3.08. The fraction of sp³-hybridized carbons (Fsp3) is 0.387. The van der Waals surface area contributed by atoms with Crippen LogP contribution in [-0.4, -0.2) is 88.6 Å². The number of pyridine rings is 1. The van der Waals surface area contributed by atoms with Crippen molar-refractivity contribution in [2.45, 2.75) is 32.9 Å². The number of hydrogen-bond acceptors (Lipinski definition) is 9. The van der Waals surface area contributed by atoms with Crippen LogP contribution in [-0.2, 0) is 4.79 Å².